The molecular weight excluding hydrogens is 472 g/mol. The second-order valence-electron chi connectivity index (χ2n) is 9.49. The van der Waals surface area contributed by atoms with Crippen LogP contribution in [0.25, 0.3) is 0 Å². The molecule has 0 fully saturated rings. The summed E-state index contributed by atoms with van der Waals surface area (Å²) in [5, 5.41) is 15.2. The van der Waals surface area contributed by atoms with Gasteiger partial charge in [-0.3, -0.25) is 24.3 Å². The lowest BCUT2D eigenvalue weighted by molar-refractivity contribution is -0.130. The van der Waals surface area contributed by atoms with E-state index in [-0.39, 0.29) is 24.5 Å². The van der Waals surface area contributed by atoms with Gasteiger partial charge in [-0.25, -0.2) is 0 Å². The van der Waals surface area contributed by atoms with Crippen molar-refractivity contribution in [1.82, 2.24) is 26.1 Å². The summed E-state index contributed by atoms with van der Waals surface area (Å²) in [7, 11) is 0. The van der Waals surface area contributed by atoms with E-state index in [1.807, 2.05) is 51.1 Å². The zero-order valence-corrected chi connectivity index (χ0v) is 21.9. The van der Waals surface area contributed by atoms with Crippen LogP contribution in [0.2, 0.25) is 0 Å². The molecule has 200 valence electrons. The molecule has 1 heterocycles. The summed E-state index contributed by atoms with van der Waals surface area (Å²) in [4.78, 5) is 50.7. The van der Waals surface area contributed by atoms with E-state index in [9.17, 15) is 19.2 Å². The van der Waals surface area contributed by atoms with Crippen molar-refractivity contribution in [3.63, 3.8) is 0 Å². The van der Waals surface area contributed by atoms with Crippen LogP contribution in [0.3, 0.4) is 0 Å². The van der Waals surface area contributed by atoms with Crippen molar-refractivity contribution < 1.29 is 19.2 Å². The van der Waals surface area contributed by atoms with Crippen LogP contribution in [-0.4, -0.2) is 52.0 Å². The van der Waals surface area contributed by atoms with E-state index >= 15 is 0 Å². The molecule has 2 aromatic rings. The number of allylic oxidation sites excluding steroid dienone is 1. The van der Waals surface area contributed by atoms with Crippen LogP contribution in [0.15, 0.2) is 48.6 Å². The van der Waals surface area contributed by atoms with Gasteiger partial charge in [-0.05, 0) is 44.2 Å². The van der Waals surface area contributed by atoms with Gasteiger partial charge in [-0.2, -0.15) is 5.10 Å². The van der Waals surface area contributed by atoms with Gasteiger partial charge in [0.25, 0.3) is 5.91 Å². The number of benzene rings is 1. The standard InChI is InChI=1S/C27H38N6O4/c1-5-9-20(12-13-24(28)34)29-25(35)22(16-19-10-7-6-8-11-19)31-26(36)21(14-17(2)3)30-27(37)23-15-18(4)32-33-23/h5-11,15,17,20-22H,12-14,16H2,1-4H3,(H2,28,34)(H,29,35)(H,30,37)(H,31,36)(H,32,33)/b9-5+. The Morgan fingerprint density at radius 3 is 2.27 bits per heavy atom. The van der Waals surface area contributed by atoms with Crippen LogP contribution in [0.5, 0.6) is 0 Å². The number of hydrogen-bond acceptors (Lipinski definition) is 5. The first kappa shape index (κ1) is 29.3. The van der Waals surface area contributed by atoms with Gasteiger partial charge in [-0.1, -0.05) is 56.3 Å². The second kappa shape index (κ2) is 14.6. The van der Waals surface area contributed by atoms with Crippen molar-refractivity contribution in [2.75, 3.05) is 0 Å². The van der Waals surface area contributed by atoms with Crippen molar-refractivity contribution in [3.8, 4) is 0 Å². The Balaban J connectivity index is 2.22. The number of rotatable bonds is 14. The summed E-state index contributed by atoms with van der Waals surface area (Å²) in [6.45, 7) is 7.48. The molecule has 0 spiro atoms. The van der Waals surface area contributed by atoms with Crippen molar-refractivity contribution in [1.29, 1.82) is 0 Å². The van der Waals surface area contributed by atoms with E-state index in [1.54, 1.807) is 25.1 Å². The van der Waals surface area contributed by atoms with Crippen molar-refractivity contribution in [3.05, 3.63) is 65.5 Å². The monoisotopic (exact) mass is 510 g/mol. The normalized spacial score (nSPS) is 13.6. The molecular formula is C27H38N6O4. The molecule has 6 N–H and O–H groups in total. The highest BCUT2D eigenvalue weighted by atomic mass is 16.2. The molecule has 3 atom stereocenters. The molecule has 37 heavy (non-hydrogen) atoms. The van der Waals surface area contributed by atoms with Gasteiger partial charge in [0.05, 0.1) is 0 Å². The average Bonchev–Trinajstić information content (AvgIpc) is 3.28. The summed E-state index contributed by atoms with van der Waals surface area (Å²) >= 11 is 0. The fourth-order valence-corrected chi connectivity index (χ4v) is 3.83. The summed E-state index contributed by atoms with van der Waals surface area (Å²) in [5.41, 5.74) is 7.04. The van der Waals surface area contributed by atoms with Crippen LogP contribution in [0.4, 0.5) is 0 Å². The van der Waals surface area contributed by atoms with Gasteiger partial charge in [0, 0.05) is 24.6 Å². The second-order valence-corrected chi connectivity index (χ2v) is 9.49. The van der Waals surface area contributed by atoms with Gasteiger partial charge < -0.3 is 21.7 Å². The molecule has 0 bridgehead atoms. The number of nitrogens with one attached hydrogen (secondary N) is 4. The van der Waals surface area contributed by atoms with Crippen LogP contribution >= 0.6 is 0 Å². The van der Waals surface area contributed by atoms with Crippen molar-refractivity contribution in [2.45, 2.75) is 71.5 Å². The predicted octanol–water partition coefficient (Wildman–Crippen LogP) is 1.92. The van der Waals surface area contributed by atoms with Crippen LogP contribution in [0, 0.1) is 12.8 Å². The van der Waals surface area contributed by atoms with Gasteiger partial charge in [0.2, 0.25) is 17.7 Å². The number of carbonyl (C=O) groups excluding carboxylic acids is 4. The minimum Gasteiger partial charge on any atom is -0.370 e. The number of H-pyrrole nitrogens is 1. The molecule has 10 heteroatoms. The number of aromatic nitrogens is 2. The Kier molecular flexibility index (Phi) is 11.5. The Hall–Kier alpha value is -3.95. The van der Waals surface area contributed by atoms with Crippen molar-refractivity contribution in [2.24, 2.45) is 11.7 Å². The SMILES string of the molecule is C/C=C/C(CCC(N)=O)NC(=O)C(Cc1ccccc1)NC(=O)C(CC(C)C)NC(=O)c1cc(C)[nH]n1. The number of aryl methyl sites for hydroxylation is 1. The van der Waals surface area contributed by atoms with E-state index in [2.05, 4.69) is 26.1 Å². The number of nitrogens with zero attached hydrogens (tertiary/aromatic N) is 1. The Morgan fingerprint density at radius 2 is 1.70 bits per heavy atom. The van der Waals surface area contributed by atoms with E-state index < -0.39 is 41.8 Å². The van der Waals surface area contributed by atoms with Crippen molar-refractivity contribution >= 4 is 23.6 Å². The highest BCUT2D eigenvalue weighted by Gasteiger charge is 2.29. The molecule has 2 rings (SSSR count). The number of carbonyl (C=O) groups is 4. The molecule has 0 saturated heterocycles. The van der Waals surface area contributed by atoms with Gasteiger partial charge >= 0.3 is 0 Å². The third kappa shape index (κ3) is 10.3. The summed E-state index contributed by atoms with van der Waals surface area (Å²) in [5.74, 6) is -1.70. The molecule has 10 nitrogen and oxygen atoms in total. The minimum atomic E-state index is -0.907. The molecule has 0 aliphatic heterocycles. The zero-order chi connectivity index (χ0) is 27.4. The largest absolute Gasteiger partial charge is 0.370 e. The summed E-state index contributed by atoms with van der Waals surface area (Å²) in [6.07, 6.45) is 4.63. The molecule has 0 saturated carbocycles. The molecule has 0 aliphatic carbocycles. The summed E-state index contributed by atoms with van der Waals surface area (Å²) in [6, 6.07) is 8.73. The fourth-order valence-electron chi connectivity index (χ4n) is 3.83. The Morgan fingerprint density at radius 1 is 1.03 bits per heavy atom. The maximum absolute atomic E-state index is 13.4. The predicted molar refractivity (Wildman–Crippen MR) is 141 cm³/mol. The summed E-state index contributed by atoms with van der Waals surface area (Å²) < 4.78 is 0. The number of nitrogens with two attached hydrogens (primary N) is 1. The number of hydrogen-bond donors (Lipinski definition) is 5. The lowest BCUT2D eigenvalue weighted by atomic mass is 10.0. The first-order chi connectivity index (χ1) is 17.6. The highest BCUT2D eigenvalue weighted by Crippen LogP contribution is 2.10. The number of aromatic amines is 1. The molecule has 4 amide bonds. The molecule has 1 aromatic carbocycles. The van der Waals surface area contributed by atoms with Gasteiger partial charge in [-0.15, -0.1) is 0 Å². The van der Waals surface area contributed by atoms with E-state index in [1.165, 1.54) is 0 Å². The number of primary amides is 1. The smallest absolute Gasteiger partial charge is 0.272 e. The lowest BCUT2D eigenvalue weighted by Gasteiger charge is -2.25. The Bertz CT molecular complexity index is 1080. The Labute approximate surface area is 217 Å². The highest BCUT2D eigenvalue weighted by molar-refractivity contribution is 5.97. The minimum absolute atomic E-state index is 0.103. The third-order valence-corrected chi connectivity index (χ3v) is 5.64. The van der Waals surface area contributed by atoms with Gasteiger partial charge in [0.1, 0.15) is 17.8 Å². The maximum atomic E-state index is 13.4. The first-order valence-corrected chi connectivity index (χ1v) is 12.5. The van der Waals surface area contributed by atoms with Crippen LogP contribution in [0.1, 0.15) is 61.8 Å². The molecule has 0 radical (unpaired) electrons. The van der Waals surface area contributed by atoms with E-state index in [0.29, 0.717) is 12.8 Å². The third-order valence-electron chi connectivity index (χ3n) is 5.64. The van der Waals surface area contributed by atoms with Crippen LogP contribution < -0.4 is 21.7 Å². The van der Waals surface area contributed by atoms with Crippen LogP contribution in [-0.2, 0) is 20.8 Å². The quantitative estimate of drug-likeness (QED) is 0.245. The molecule has 1 aromatic heterocycles. The maximum Gasteiger partial charge on any atom is 0.272 e. The van der Waals surface area contributed by atoms with Gasteiger partial charge in [0.15, 0.2) is 0 Å². The topological polar surface area (TPSA) is 159 Å². The molecule has 3 unspecified atom stereocenters. The molecule has 0 aliphatic rings. The average molecular weight is 511 g/mol. The number of amides is 4. The first-order valence-electron chi connectivity index (χ1n) is 12.5. The fraction of sp³-hybridized carbons (Fsp3) is 0.444. The van der Waals surface area contributed by atoms with E-state index in [4.69, 9.17) is 5.73 Å². The zero-order valence-electron chi connectivity index (χ0n) is 21.9. The van der Waals surface area contributed by atoms with E-state index in [0.717, 1.165) is 11.3 Å². The lowest BCUT2D eigenvalue weighted by Crippen LogP contribution is -2.55.